The quantitative estimate of drug-likeness (QED) is 0.486. The number of methoxy groups -OCH3 is 1. The minimum atomic E-state index is 0. The zero-order valence-corrected chi connectivity index (χ0v) is 14.5. The number of nitrogens with two attached hydrogens (primary N) is 1. The second kappa shape index (κ2) is 6.55. The molecule has 0 unspecified atom stereocenters. The van der Waals surface area contributed by atoms with Gasteiger partial charge in [-0.25, -0.2) is 4.99 Å². The average Bonchev–Trinajstić information content (AvgIpc) is 3.25. The topological polar surface area (TPSA) is 64.0 Å². The highest BCUT2D eigenvalue weighted by Crippen LogP contribution is 2.33. The summed E-state index contributed by atoms with van der Waals surface area (Å²) in [5.41, 5.74) is 6.79. The lowest BCUT2D eigenvalue weighted by atomic mass is 10.2. The van der Waals surface area contributed by atoms with E-state index in [2.05, 4.69) is 4.99 Å². The van der Waals surface area contributed by atoms with Crippen molar-refractivity contribution in [1.29, 1.82) is 0 Å². The van der Waals surface area contributed by atoms with Crippen LogP contribution in [0, 0.1) is 0 Å². The van der Waals surface area contributed by atoms with Crippen molar-refractivity contribution in [3.8, 4) is 5.75 Å². The minimum Gasteiger partial charge on any atom is -0.492 e. The second-order valence-electron chi connectivity index (χ2n) is 5.07. The number of fused-ring (bicyclic) bond motifs is 1. The lowest BCUT2D eigenvalue weighted by molar-refractivity contribution is 0.396. The number of hydrogen-bond acceptors (Lipinski definition) is 3. The largest absolute Gasteiger partial charge is 0.492 e. The van der Waals surface area contributed by atoms with Crippen LogP contribution in [0.25, 0.3) is 11.0 Å². The van der Waals surface area contributed by atoms with Crippen LogP contribution in [0.1, 0.15) is 18.6 Å². The van der Waals surface area contributed by atoms with Crippen LogP contribution in [-0.4, -0.2) is 31.1 Å². The second-order valence-corrected chi connectivity index (χ2v) is 5.07. The fourth-order valence-electron chi connectivity index (χ4n) is 2.31. The third kappa shape index (κ3) is 3.25. The summed E-state index contributed by atoms with van der Waals surface area (Å²) in [6, 6.07) is 8.35. The van der Waals surface area contributed by atoms with E-state index in [-0.39, 0.29) is 24.0 Å². The summed E-state index contributed by atoms with van der Waals surface area (Å²) in [6.07, 6.45) is 2.39. The number of nitrogens with zero attached hydrogens (tertiary/aromatic N) is 2. The van der Waals surface area contributed by atoms with E-state index in [0.29, 0.717) is 24.3 Å². The van der Waals surface area contributed by atoms with E-state index in [9.17, 15) is 0 Å². The van der Waals surface area contributed by atoms with Crippen LogP contribution in [0.5, 0.6) is 5.75 Å². The molecular weight excluding hydrogens is 381 g/mol. The van der Waals surface area contributed by atoms with Crippen LogP contribution in [-0.2, 0) is 6.54 Å². The van der Waals surface area contributed by atoms with Crippen molar-refractivity contribution in [2.75, 3.05) is 14.2 Å². The number of para-hydroxylation sites is 1. The highest BCUT2D eigenvalue weighted by molar-refractivity contribution is 14.0. The van der Waals surface area contributed by atoms with Gasteiger partial charge in [-0.2, -0.15) is 0 Å². The number of guanidine groups is 1. The first-order valence-electron chi connectivity index (χ1n) is 6.78. The lowest BCUT2D eigenvalue weighted by Gasteiger charge is -2.16. The van der Waals surface area contributed by atoms with Gasteiger partial charge in [-0.15, -0.1) is 24.0 Å². The molecule has 3 rings (SSSR count). The molecule has 1 aromatic heterocycles. The summed E-state index contributed by atoms with van der Waals surface area (Å²) in [6.45, 7) is 0.390. The van der Waals surface area contributed by atoms with Crippen molar-refractivity contribution in [3.05, 3.63) is 30.0 Å². The summed E-state index contributed by atoms with van der Waals surface area (Å²) >= 11 is 0. The predicted octanol–water partition coefficient (Wildman–Crippen LogP) is 2.97. The molecule has 0 spiro atoms. The number of rotatable bonds is 4. The molecule has 5 nitrogen and oxygen atoms in total. The Morgan fingerprint density at radius 2 is 2.14 bits per heavy atom. The highest BCUT2D eigenvalue weighted by atomic mass is 127. The summed E-state index contributed by atoms with van der Waals surface area (Å²) < 4.78 is 11.2. The third-order valence-corrected chi connectivity index (χ3v) is 3.66. The van der Waals surface area contributed by atoms with E-state index in [1.54, 1.807) is 7.11 Å². The van der Waals surface area contributed by atoms with Crippen molar-refractivity contribution < 1.29 is 9.15 Å². The highest BCUT2D eigenvalue weighted by Gasteiger charge is 2.27. The first kappa shape index (κ1) is 15.9. The van der Waals surface area contributed by atoms with Gasteiger partial charge in [0, 0.05) is 13.1 Å². The summed E-state index contributed by atoms with van der Waals surface area (Å²) in [5, 5.41) is 0.967. The first-order chi connectivity index (χ1) is 9.70. The Morgan fingerprint density at radius 1 is 1.43 bits per heavy atom. The van der Waals surface area contributed by atoms with Crippen molar-refractivity contribution in [1.82, 2.24) is 4.90 Å². The molecule has 0 amide bonds. The molecule has 1 saturated carbocycles. The van der Waals surface area contributed by atoms with Crippen LogP contribution in [0.4, 0.5) is 0 Å². The molecule has 2 aromatic rings. The molecule has 1 fully saturated rings. The SMILES string of the molecule is COc1c(CN=C(N)N(C)C2CC2)oc2ccccc12.I. The molecule has 1 aliphatic rings. The zero-order valence-electron chi connectivity index (χ0n) is 12.2. The fourth-order valence-corrected chi connectivity index (χ4v) is 2.31. The molecule has 1 aromatic carbocycles. The van der Waals surface area contributed by atoms with E-state index in [1.807, 2.05) is 36.2 Å². The smallest absolute Gasteiger partial charge is 0.191 e. The number of ether oxygens (including phenoxy) is 1. The third-order valence-electron chi connectivity index (χ3n) is 3.66. The number of hydrogen-bond donors (Lipinski definition) is 1. The van der Waals surface area contributed by atoms with Crippen molar-refractivity contribution in [2.24, 2.45) is 10.7 Å². The van der Waals surface area contributed by atoms with Gasteiger partial charge < -0.3 is 19.8 Å². The molecule has 0 aliphatic heterocycles. The van der Waals surface area contributed by atoms with Gasteiger partial charge in [0.05, 0.1) is 12.5 Å². The molecule has 6 heteroatoms. The van der Waals surface area contributed by atoms with Gasteiger partial charge in [-0.05, 0) is 25.0 Å². The van der Waals surface area contributed by atoms with Gasteiger partial charge in [0.15, 0.2) is 17.5 Å². The number of aliphatic imine (C=N–C) groups is 1. The molecule has 0 saturated heterocycles. The number of benzene rings is 1. The summed E-state index contributed by atoms with van der Waals surface area (Å²) in [5.74, 6) is 2.00. The molecule has 0 radical (unpaired) electrons. The Bertz CT molecular complexity index is 649. The lowest BCUT2D eigenvalue weighted by Crippen LogP contribution is -2.35. The minimum absolute atomic E-state index is 0. The monoisotopic (exact) mass is 401 g/mol. The Labute approximate surface area is 141 Å². The number of furan rings is 1. The normalized spacial score (nSPS) is 14.9. The van der Waals surface area contributed by atoms with E-state index in [1.165, 1.54) is 12.8 Å². The Morgan fingerprint density at radius 3 is 2.81 bits per heavy atom. The van der Waals surface area contributed by atoms with Crippen molar-refractivity contribution >= 4 is 40.9 Å². The molecular formula is C15H20IN3O2. The maximum absolute atomic E-state index is 5.99. The van der Waals surface area contributed by atoms with E-state index in [0.717, 1.165) is 16.7 Å². The van der Waals surface area contributed by atoms with Crippen LogP contribution in [0.15, 0.2) is 33.7 Å². The van der Waals surface area contributed by atoms with Crippen molar-refractivity contribution in [2.45, 2.75) is 25.4 Å². The van der Waals surface area contributed by atoms with Gasteiger partial charge in [0.25, 0.3) is 0 Å². The van der Waals surface area contributed by atoms with E-state index >= 15 is 0 Å². The molecule has 0 atom stereocenters. The molecule has 1 heterocycles. The van der Waals surface area contributed by atoms with Gasteiger partial charge in [0.1, 0.15) is 12.1 Å². The van der Waals surface area contributed by atoms with Crippen molar-refractivity contribution in [3.63, 3.8) is 0 Å². The zero-order chi connectivity index (χ0) is 14.1. The summed E-state index contributed by atoms with van der Waals surface area (Å²) in [4.78, 5) is 6.43. The first-order valence-corrected chi connectivity index (χ1v) is 6.78. The van der Waals surface area contributed by atoms with Crippen LogP contribution < -0.4 is 10.5 Å². The Kier molecular flexibility index (Phi) is 4.97. The Hall–Kier alpha value is -1.44. The van der Waals surface area contributed by atoms with Crippen LogP contribution in [0.3, 0.4) is 0 Å². The van der Waals surface area contributed by atoms with Crippen LogP contribution in [0.2, 0.25) is 0 Å². The van der Waals surface area contributed by atoms with E-state index < -0.39 is 0 Å². The molecule has 0 bridgehead atoms. The van der Waals surface area contributed by atoms with E-state index in [4.69, 9.17) is 14.9 Å². The van der Waals surface area contributed by atoms with Gasteiger partial charge in [0.2, 0.25) is 0 Å². The average molecular weight is 401 g/mol. The van der Waals surface area contributed by atoms with Gasteiger partial charge in [-0.3, -0.25) is 0 Å². The maximum Gasteiger partial charge on any atom is 0.191 e. The standard InChI is InChI=1S/C15H19N3O2.HI/c1-18(10-7-8-10)15(16)17-9-13-14(19-2)11-5-3-4-6-12(11)20-13;/h3-6,10H,7-9H2,1-2H3,(H2,16,17);1H. The molecule has 21 heavy (non-hydrogen) atoms. The fraction of sp³-hybridized carbons (Fsp3) is 0.400. The van der Waals surface area contributed by atoms with Crippen LogP contribution >= 0.6 is 24.0 Å². The molecule has 114 valence electrons. The van der Waals surface area contributed by atoms with Gasteiger partial charge in [-0.1, -0.05) is 12.1 Å². The molecule has 2 N–H and O–H groups in total. The Balaban J connectivity index is 0.00000161. The summed E-state index contributed by atoms with van der Waals surface area (Å²) in [7, 11) is 3.62. The van der Waals surface area contributed by atoms with Gasteiger partial charge >= 0.3 is 0 Å². The number of halogens is 1. The molecule has 1 aliphatic carbocycles. The predicted molar refractivity (Wildman–Crippen MR) is 94.3 cm³/mol. The maximum atomic E-state index is 5.99.